The first-order valence-corrected chi connectivity index (χ1v) is 21.2. The second-order valence-electron chi connectivity index (χ2n) is 15.6. The molecule has 1 aliphatic heterocycles. The zero-order chi connectivity index (χ0) is 47.5. The highest BCUT2D eigenvalue weighted by Gasteiger charge is 2.32. The maximum absolute atomic E-state index is 14.3. The number of nitrogens with one attached hydrogen (secondary N) is 9. The molecule has 5 atom stereocenters. The van der Waals surface area contributed by atoms with Gasteiger partial charge >= 0.3 is 0 Å². The van der Waals surface area contributed by atoms with Gasteiger partial charge in [-0.15, -0.1) is 0 Å². The average molecular weight is 902 g/mol. The number of aryl methyl sites for hydroxylation is 1. The molecule has 2 heterocycles. The lowest BCUT2D eigenvalue weighted by Gasteiger charge is -2.26. The van der Waals surface area contributed by atoms with E-state index >= 15 is 0 Å². The van der Waals surface area contributed by atoms with Crippen molar-refractivity contribution in [3.05, 3.63) is 71.4 Å². The van der Waals surface area contributed by atoms with Crippen molar-refractivity contribution in [2.45, 2.75) is 95.4 Å². The summed E-state index contributed by atoms with van der Waals surface area (Å²) in [6.45, 7) is 2.08. The zero-order valence-electron chi connectivity index (χ0n) is 36.4. The van der Waals surface area contributed by atoms with Crippen LogP contribution >= 0.6 is 0 Å². The van der Waals surface area contributed by atoms with E-state index in [1.807, 2.05) is 31.2 Å². The third kappa shape index (κ3) is 16.6. The number of hydrogen-bond donors (Lipinski definition) is 12. The topological polar surface area (TPSA) is 356 Å². The molecule has 0 spiro atoms. The quantitative estimate of drug-likeness (QED) is 0.0499. The Morgan fingerprint density at radius 3 is 2.14 bits per heavy atom. The molecule has 65 heavy (non-hydrogen) atoms. The number of guanidine groups is 1. The molecule has 9 amide bonds. The van der Waals surface area contributed by atoms with Gasteiger partial charge in [-0.3, -0.25) is 48.1 Å². The predicted molar refractivity (Wildman–Crippen MR) is 239 cm³/mol. The van der Waals surface area contributed by atoms with Crippen LogP contribution in [0.1, 0.15) is 62.1 Å². The number of carbonyl (C=O) groups is 9. The third-order valence-corrected chi connectivity index (χ3v) is 10.5. The zero-order valence-corrected chi connectivity index (χ0v) is 36.4. The van der Waals surface area contributed by atoms with E-state index in [9.17, 15) is 43.2 Å². The molecule has 0 saturated carbocycles. The number of amides is 9. The molecule has 0 unspecified atom stereocenters. The normalized spacial score (nSPS) is 21.0. The number of aromatic amines is 1. The molecule has 1 saturated heterocycles. The summed E-state index contributed by atoms with van der Waals surface area (Å²) in [4.78, 5) is 126. The van der Waals surface area contributed by atoms with Gasteiger partial charge in [-0.2, -0.15) is 0 Å². The Morgan fingerprint density at radius 2 is 1.42 bits per heavy atom. The Morgan fingerprint density at radius 1 is 0.754 bits per heavy atom. The smallest absolute Gasteiger partial charge is 0.243 e. The third-order valence-electron chi connectivity index (χ3n) is 10.5. The average Bonchev–Trinajstić information content (AvgIpc) is 3.67. The number of benzene rings is 2. The van der Waals surface area contributed by atoms with Crippen LogP contribution in [0.4, 0.5) is 0 Å². The first-order valence-electron chi connectivity index (χ1n) is 21.2. The van der Waals surface area contributed by atoms with E-state index in [-0.39, 0.29) is 70.4 Å². The van der Waals surface area contributed by atoms with Gasteiger partial charge in [-0.1, -0.05) is 42.5 Å². The van der Waals surface area contributed by atoms with E-state index in [1.165, 1.54) is 6.92 Å². The van der Waals surface area contributed by atoms with Gasteiger partial charge in [-0.25, -0.2) is 0 Å². The standard InChI is InChI=1S/C43H59N13O9/c1-24-9-3-4-10-26(24)19-33-41(64)55-32(14-8-18-48-43(45)46)40(63)56-34(20-27-21-50-29-12-6-5-11-28(27)29)42(65)54-30(38(44)61)15-16-35(58)47-17-7-13-31(39(62)51-23-37(60)53-33)52-36(59)22-49-25(2)57/h3-6,9-12,21,30-34,50H,7-8,13-20,22-23H2,1-2H3,(H2,44,61)(H,47,58)(H,49,57)(H,51,62)(H,52,59)(H,53,60)(H,54,65)(H,55,64)(H,56,63)(H4,45,46,48)/t30-,31-,32-,33+,34-/m0/s1. The van der Waals surface area contributed by atoms with Crippen molar-refractivity contribution in [1.82, 2.24) is 47.5 Å². The molecule has 1 aliphatic rings. The van der Waals surface area contributed by atoms with Crippen LogP contribution in [0.15, 0.2) is 59.7 Å². The van der Waals surface area contributed by atoms with Gasteiger partial charge in [0, 0.05) is 56.4 Å². The van der Waals surface area contributed by atoms with Gasteiger partial charge < -0.3 is 64.7 Å². The predicted octanol–water partition coefficient (Wildman–Crippen LogP) is -2.83. The fraction of sp³-hybridized carbons (Fsp3) is 0.442. The number of nitrogens with two attached hydrogens (primary N) is 3. The molecule has 22 heteroatoms. The molecular formula is C43H59N13O9. The first kappa shape index (κ1) is 50.1. The number of carbonyl (C=O) groups excluding carboxylic acids is 9. The van der Waals surface area contributed by atoms with E-state index in [0.29, 0.717) is 11.1 Å². The summed E-state index contributed by atoms with van der Waals surface area (Å²) in [5, 5.41) is 21.5. The van der Waals surface area contributed by atoms with Crippen LogP contribution in [0.2, 0.25) is 0 Å². The Balaban J connectivity index is 1.71. The van der Waals surface area contributed by atoms with Crippen molar-refractivity contribution in [1.29, 1.82) is 0 Å². The van der Waals surface area contributed by atoms with Crippen molar-refractivity contribution >= 4 is 70.0 Å². The van der Waals surface area contributed by atoms with E-state index < -0.39 is 96.5 Å². The molecule has 0 aliphatic carbocycles. The van der Waals surface area contributed by atoms with Crippen LogP contribution < -0.4 is 59.7 Å². The number of fused-ring (bicyclic) bond motifs is 1. The summed E-state index contributed by atoms with van der Waals surface area (Å²) in [5.41, 5.74) is 19.6. The summed E-state index contributed by atoms with van der Waals surface area (Å²) in [6, 6.07) is 7.92. The number of primary amides is 1. The lowest BCUT2D eigenvalue weighted by Crippen LogP contribution is -2.59. The SMILES string of the molecule is CC(=O)NCC(=O)N[C@H]1CCCNC(=O)CC[C@@H](C(N)=O)NC(=O)[C@H](Cc2c[nH]c3ccccc23)NC(=O)[C@H](CCCN=C(N)N)NC(=O)[C@@H](Cc2ccccc2C)NC(=O)CNC1=O. The molecule has 0 bridgehead atoms. The highest BCUT2D eigenvalue weighted by atomic mass is 16.2. The number of aliphatic imine (C=N–C) groups is 1. The van der Waals surface area contributed by atoms with Crippen LogP contribution in [0.5, 0.6) is 0 Å². The van der Waals surface area contributed by atoms with Gasteiger partial charge in [0.2, 0.25) is 53.2 Å². The second kappa shape index (κ2) is 24.9. The first-order chi connectivity index (χ1) is 31.0. The molecule has 1 fully saturated rings. The van der Waals surface area contributed by atoms with E-state index in [0.717, 1.165) is 16.5 Å². The maximum Gasteiger partial charge on any atom is 0.243 e. The Hall–Kier alpha value is -7.52. The Bertz CT molecular complexity index is 2240. The highest BCUT2D eigenvalue weighted by molar-refractivity contribution is 5.97. The fourth-order valence-corrected chi connectivity index (χ4v) is 7.03. The molecule has 4 rings (SSSR count). The van der Waals surface area contributed by atoms with Crippen molar-refractivity contribution in [2.75, 3.05) is 26.2 Å². The van der Waals surface area contributed by atoms with Crippen LogP contribution in [0, 0.1) is 6.92 Å². The summed E-state index contributed by atoms with van der Waals surface area (Å²) < 4.78 is 0. The highest BCUT2D eigenvalue weighted by Crippen LogP contribution is 2.20. The monoisotopic (exact) mass is 901 g/mol. The molecule has 22 nitrogen and oxygen atoms in total. The maximum atomic E-state index is 14.3. The fourth-order valence-electron chi connectivity index (χ4n) is 7.03. The molecule has 0 radical (unpaired) electrons. The number of nitrogens with zero attached hydrogens (tertiary/aromatic N) is 1. The van der Waals surface area contributed by atoms with Gasteiger partial charge in [-0.05, 0) is 61.8 Å². The lowest BCUT2D eigenvalue weighted by atomic mass is 9.99. The number of para-hydroxylation sites is 1. The number of rotatable bonds is 12. The Kier molecular flexibility index (Phi) is 19.2. The van der Waals surface area contributed by atoms with Crippen LogP contribution in [0.25, 0.3) is 10.9 Å². The van der Waals surface area contributed by atoms with Gasteiger partial charge in [0.15, 0.2) is 5.96 Å². The van der Waals surface area contributed by atoms with Crippen molar-refractivity contribution in [2.24, 2.45) is 22.2 Å². The van der Waals surface area contributed by atoms with Crippen molar-refractivity contribution < 1.29 is 43.2 Å². The number of H-pyrrole nitrogens is 1. The minimum absolute atomic E-state index is 0.0127. The molecular weight excluding hydrogens is 843 g/mol. The summed E-state index contributed by atoms with van der Waals surface area (Å²) >= 11 is 0. The van der Waals surface area contributed by atoms with Crippen LogP contribution in [-0.2, 0) is 56.0 Å². The minimum atomic E-state index is -1.34. The summed E-state index contributed by atoms with van der Waals surface area (Å²) in [5.74, 6) is -6.74. The second-order valence-corrected chi connectivity index (χ2v) is 15.6. The molecule has 3 aromatic rings. The van der Waals surface area contributed by atoms with Gasteiger partial charge in [0.25, 0.3) is 0 Å². The van der Waals surface area contributed by atoms with Gasteiger partial charge in [0.1, 0.15) is 30.2 Å². The van der Waals surface area contributed by atoms with Crippen molar-refractivity contribution in [3.8, 4) is 0 Å². The number of hydrogen-bond acceptors (Lipinski definition) is 10. The van der Waals surface area contributed by atoms with Crippen molar-refractivity contribution in [3.63, 3.8) is 0 Å². The van der Waals surface area contributed by atoms with E-state index in [1.54, 1.807) is 30.5 Å². The minimum Gasteiger partial charge on any atom is -0.370 e. The van der Waals surface area contributed by atoms with Crippen LogP contribution in [0.3, 0.4) is 0 Å². The van der Waals surface area contributed by atoms with E-state index in [4.69, 9.17) is 17.2 Å². The molecule has 2 aromatic carbocycles. The number of aromatic nitrogens is 1. The van der Waals surface area contributed by atoms with Gasteiger partial charge in [0.05, 0.1) is 13.1 Å². The summed E-state index contributed by atoms with van der Waals surface area (Å²) in [6.07, 6.45) is 1.40. The Labute approximate surface area is 375 Å². The molecule has 1 aromatic heterocycles. The largest absolute Gasteiger partial charge is 0.370 e. The molecule has 15 N–H and O–H groups in total. The lowest BCUT2D eigenvalue weighted by molar-refractivity contribution is -0.134. The van der Waals surface area contributed by atoms with Crippen LogP contribution in [-0.4, -0.2) is 120 Å². The van der Waals surface area contributed by atoms with E-state index in [2.05, 4.69) is 52.5 Å². The molecule has 350 valence electrons. The summed E-state index contributed by atoms with van der Waals surface area (Å²) in [7, 11) is 0.